The van der Waals surface area contributed by atoms with Crippen LogP contribution in [0.5, 0.6) is 0 Å². The van der Waals surface area contributed by atoms with Crippen LogP contribution in [-0.2, 0) is 0 Å². The molecule has 0 aromatic carbocycles. The van der Waals surface area contributed by atoms with E-state index in [1.807, 2.05) is 0 Å². The van der Waals surface area contributed by atoms with Gasteiger partial charge >= 0.3 is 0 Å². The molecule has 0 bridgehead atoms. The van der Waals surface area contributed by atoms with E-state index in [0.29, 0.717) is 0 Å². The summed E-state index contributed by atoms with van der Waals surface area (Å²) in [5.74, 6) is 3.89. The largest absolute Gasteiger partial charge is 0.0654 e. The van der Waals surface area contributed by atoms with Crippen molar-refractivity contribution in [1.29, 1.82) is 0 Å². The molecule has 0 spiro atoms. The van der Waals surface area contributed by atoms with Crippen molar-refractivity contribution in [3.8, 4) is 0 Å². The van der Waals surface area contributed by atoms with Crippen molar-refractivity contribution in [3.63, 3.8) is 0 Å². The van der Waals surface area contributed by atoms with E-state index in [-0.39, 0.29) is 0 Å². The van der Waals surface area contributed by atoms with E-state index in [0.717, 1.165) is 23.7 Å². The molecule has 1 fully saturated rings. The molecule has 0 aliphatic heterocycles. The van der Waals surface area contributed by atoms with Crippen molar-refractivity contribution < 1.29 is 0 Å². The first-order chi connectivity index (χ1) is 6.66. The number of rotatable bonds is 5. The lowest BCUT2D eigenvalue weighted by Crippen LogP contribution is -2.25. The van der Waals surface area contributed by atoms with Crippen molar-refractivity contribution in [3.05, 3.63) is 0 Å². The first kappa shape index (κ1) is 12.1. The maximum atomic E-state index is 2.48. The molecule has 1 saturated carbocycles. The molecule has 0 amide bonds. The van der Waals surface area contributed by atoms with Gasteiger partial charge in [-0.3, -0.25) is 0 Å². The van der Waals surface area contributed by atoms with Gasteiger partial charge in [0.2, 0.25) is 0 Å². The van der Waals surface area contributed by atoms with E-state index in [2.05, 4.69) is 27.7 Å². The molecule has 0 radical (unpaired) electrons. The third-order valence-corrected chi connectivity index (χ3v) is 4.12. The van der Waals surface area contributed by atoms with Crippen LogP contribution < -0.4 is 0 Å². The van der Waals surface area contributed by atoms with Crippen LogP contribution in [0.25, 0.3) is 0 Å². The molecule has 0 nitrogen and oxygen atoms in total. The second kappa shape index (κ2) is 5.78. The van der Waals surface area contributed by atoms with E-state index < -0.39 is 0 Å². The van der Waals surface area contributed by atoms with Gasteiger partial charge in [-0.25, -0.2) is 0 Å². The Morgan fingerprint density at radius 3 is 2.07 bits per heavy atom. The molecule has 1 rings (SSSR count). The molecular weight excluding hydrogens is 168 g/mol. The van der Waals surface area contributed by atoms with E-state index in [1.165, 1.54) is 38.5 Å². The van der Waals surface area contributed by atoms with Crippen LogP contribution >= 0.6 is 0 Å². The quantitative estimate of drug-likeness (QED) is 0.587. The minimum absolute atomic E-state index is 0.889. The smallest absolute Gasteiger partial charge is 0.0337 e. The zero-order chi connectivity index (χ0) is 10.6. The second-order valence-electron chi connectivity index (χ2n) is 5.63. The molecule has 0 saturated heterocycles. The maximum absolute atomic E-state index is 2.48. The average molecular weight is 196 g/mol. The highest BCUT2D eigenvalue weighted by molar-refractivity contribution is 4.80. The van der Waals surface area contributed by atoms with E-state index in [9.17, 15) is 0 Å². The number of hydrogen-bond acceptors (Lipinski definition) is 0. The lowest BCUT2D eigenvalue weighted by molar-refractivity contribution is 0.168. The predicted octanol–water partition coefficient (Wildman–Crippen LogP) is 4.89. The summed E-state index contributed by atoms with van der Waals surface area (Å²) in [5, 5.41) is 0. The Kier molecular flexibility index (Phi) is 4.98. The van der Waals surface area contributed by atoms with Crippen molar-refractivity contribution in [2.24, 2.45) is 23.7 Å². The van der Waals surface area contributed by atoms with Gasteiger partial charge in [0.1, 0.15) is 0 Å². The summed E-state index contributed by atoms with van der Waals surface area (Å²) in [4.78, 5) is 0. The molecule has 14 heavy (non-hydrogen) atoms. The summed E-state index contributed by atoms with van der Waals surface area (Å²) in [6.45, 7) is 9.65. The Morgan fingerprint density at radius 2 is 1.64 bits per heavy atom. The molecule has 2 unspecified atom stereocenters. The summed E-state index contributed by atoms with van der Waals surface area (Å²) < 4.78 is 0. The van der Waals surface area contributed by atoms with Crippen LogP contribution in [0.1, 0.15) is 66.2 Å². The summed E-state index contributed by atoms with van der Waals surface area (Å²) in [6.07, 6.45) is 8.80. The molecule has 0 heteroatoms. The van der Waals surface area contributed by atoms with Gasteiger partial charge in [0.25, 0.3) is 0 Å². The standard InChI is InChI=1S/C14H28/c1-5-8-12(4)14(11(2)3)13-9-6-7-10-13/h11-14H,5-10H2,1-4H3. The van der Waals surface area contributed by atoms with Crippen LogP contribution in [0, 0.1) is 23.7 Å². The van der Waals surface area contributed by atoms with E-state index >= 15 is 0 Å². The Hall–Kier alpha value is 0. The van der Waals surface area contributed by atoms with Gasteiger partial charge in [-0.2, -0.15) is 0 Å². The Morgan fingerprint density at radius 1 is 1.07 bits per heavy atom. The first-order valence-electron chi connectivity index (χ1n) is 6.66. The third kappa shape index (κ3) is 3.00. The van der Waals surface area contributed by atoms with Gasteiger partial charge < -0.3 is 0 Å². The lowest BCUT2D eigenvalue weighted by atomic mass is 9.73. The Balaban J connectivity index is 2.53. The van der Waals surface area contributed by atoms with Gasteiger partial charge in [0, 0.05) is 0 Å². The summed E-state index contributed by atoms with van der Waals surface area (Å²) in [7, 11) is 0. The molecule has 2 atom stereocenters. The fourth-order valence-corrected chi connectivity index (χ4v) is 3.66. The van der Waals surface area contributed by atoms with Gasteiger partial charge in [0.15, 0.2) is 0 Å². The molecular formula is C14H28. The molecule has 0 N–H and O–H groups in total. The highest BCUT2D eigenvalue weighted by Gasteiger charge is 2.30. The Bertz CT molecular complexity index is 142. The first-order valence-corrected chi connectivity index (χ1v) is 6.66. The molecule has 0 aromatic rings. The second-order valence-corrected chi connectivity index (χ2v) is 5.63. The topological polar surface area (TPSA) is 0 Å². The van der Waals surface area contributed by atoms with Crippen LogP contribution in [0.3, 0.4) is 0 Å². The monoisotopic (exact) mass is 196 g/mol. The van der Waals surface area contributed by atoms with Gasteiger partial charge in [0.05, 0.1) is 0 Å². The van der Waals surface area contributed by atoms with Crippen molar-refractivity contribution in [2.75, 3.05) is 0 Å². The zero-order valence-electron chi connectivity index (χ0n) is 10.6. The number of hydrogen-bond donors (Lipinski definition) is 0. The summed E-state index contributed by atoms with van der Waals surface area (Å²) in [6, 6.07) is 0. The molecule has 1 aliphatic rings. The van der Waals surface area contributed by atoms with Crippen molar-refractivity contribution >= 4 is 0 Å². The fourth-order valence-electron chi connectivity index (χ4n) is 3.66. The third-order valence-electron chi connectivity index (χ3n) is 4.12. The predicted molar refractivity (Wildman–Crippen MR) is 64.4 cm³/mol. The van der Waals surface area contributed by atoms with Crippen LogP contribution in [0.4, 0.5) is 0 Å². The fraction of sp³-hybridized carbons (Fsp3) is 1.00. The zero-order valence-corrected chi connectivity index (χ0v) is 10.6. The highest BCUT2D eigenvalue weighted by Crippen LogP contribution is 2.40. The Labute approximate surface area is 90.5 Å². The molecule has 0 aromatic heterocycles. The van der Waals surface area contributed by atoms with E-state index in [1.54, 1.807) is 0 Å². The average Bonchev–Trinajstić information content (AvgIpc) is 2.57. The minimum Gasteiger partial charge on any atom is -0.0654 e. The van der Waals surface area contributed by atoms with Crippen LogP contribution in [-0.4, -0.2) is 0 Å². The summed E-state index contributed by atoms with van der Waals surface area (Å²) >= 11 is 0. The SMILES string of the molecule is CCCC(C)C(C(C)C)C1CCCC1. The molecule has 1 aliphatic carbocycles. The van der Waals surface area contributed by atoms with E-state index in [4.69, 9.17) is 0 Å². The minimum atomic E-state index is 0.889. The van der Waals surface area contributed by atoms with Crippen molar-refractivity contribution in [2.45, 2.75) is 66.2 Å². The lowest BCUT2D eigenvalue weighted by Gasteiger charge is -2.32. The van der Waals surface area contributed by atoms with Gasteiger partial charge in [-0.15, -0.1) is 0 Å². The molecule has 0 heterocycles. The van der Waals surface area contributed by atoms with Crippen LogP contribution in [0.2, 0.25) is 0 Å². The van der Waals surface area contributed by atoms with Gasteiger partial charge in [-0.05, 0) is 23.7 Å². The normalized spacial score (nSPS) is 22.9. The highest BCUT2D eigenvalue weighted by atomic mass is 14.4. The summed E-state index contributed by atoms with van der Waals surface area (Å²) in [5.41, 5.74) is 0. The van der Waals surface area contributed by atoms with Crippen molar-refractivity contribution in [1.82, 2.24) is 0 Å². The maximum Gasteiger partial charge on any atom is -0.0337 e. The van der Waals surface area contributed by atoms with Gasteiger partial charge in [-0.1, -0.05) is 66.2 Å². The van der Waals surface area contributed by atoms with Crippen LogP contribution in [0.15, 0.2) is 0 Å². The molecule has 84 valence electrons.